The normalized spacial score (nSPS) is 11.4. The fourth-order valence-electron chi connectivity index (χ4n) is 1.86. The van der Waals surface area contributed by atoms with Crippen LogP contribution in [0.5, 0.6) is 5.75 Å². The molecule has 0 aliphatic heterocycles. The summed E-state index contributed by atoms with van der Waals surface area (Å²) >= 11 is 5.79. The largest absolute Gasteiger partial charge is 0.479 e. The van der Waals surface area contributed by atoms with Gasteiger partial charge in [-0.1, -0.05) is 41.9 Å². The summed E-state index contributed by atoms with van der Waals surface area (Å²) in [7, 11) is 0. The lowest BCUT2D eigenvalue weighted by atomic mass is 10.2. The maximum Gasteiger partial charge on any atom is 0.347 e. The Hall–Kier alpha value is -2.53. The van der Waals surface area contributed by atoms with Crippen LogP contribution in [-0.2, 0) is 20.9 Å². The molecule has 0 spiro atoms. The van der Waals surface area contributed by atoms with E-state index in [0.717, 1.165) is 5.56 Å². The van der Waals surface area contributed by atoms with Crippen molar-refractivity contribution in [2.45, 2.75) is 19.6 Å². The lowest BCUT2D eigenvalue weighted by molar-refractivity contribution is -0.154. The summed E-state index contributed by atoms with van der Waals surface area (Å²) in [6.07, 6.45) is -0.795. The molecule has 0 aliphatic rings. The number of rotatable bonds is 7. The number of carbonyl (C=O) groups is 2. The standard InChI is InChI=1S/C18H18ClNO4/c1-13(24-16-5-3-2-4-6-16)18(22)23-12-17(21)20-11-14-7-9-15(19)10-8-14/h2-10,13H,11-12H2,1H3,(H,20,21)/t13-/m1/s1. The van der Waals surface area contributed by atoms with Crippen LogP contribution >= 0.6 is 11.6 Å². The summed E-state index contributed by atoms with van der Waals surface area (Å²) in [5, 5.41) is 3.29. The SMILES string of the molecule is C[C@@H](Oc1ccccc1)C(=O)OCC(=O)NCc1ccc(Cl)cc1. The van der Waals surface area contributed by atoms with Crippen molar-refractivity contribution in [3.05, 3.63) is 65.2 Å². The molecule has 2 rings (SSSR count). The van der Waals surface area contributed by atoms with E-state index in [-0.39, 0.29) is 12.5 Å². The third-order valence-electron chi connectivity index (χ3n) is 3.14. The molecule has 5 nitrogen and oxygen atoms in total. The van der Waals surface area contributed by atoms with Crippen LogP contribution in [0.15, 0.2) is 54.6 Å². The van der Waals surface area contributed by atoms with Crippen LogP contribution in [-0.4, -0.2) is 24.6 Å². The Morgan fingerprint density at radius 1 is 1.08 bits per heavy atom. The molecule has 0 unspecified atom stereocenters. The molecule has 2 aromatic rings. The number of nitrogens with one attached hydrogen (secondary N) is 1. The fourth-order valence-corrected chi connectivity index (χ4v) is 1.99. The quantitative estimate of drug-likeness (QED) is 0.782. The van der Waals surface area contributed by atoms with Crippen molar-refractivity contribution in [2.24, 2.45) is 0 Å². The van der Waals surface area contributed by atoms with Gasteiger partial charge in [-0.15, -0.1) is 0 Å². The van der Waals surface area contributed by atoms with Gasteiger partial charge in [-0.3, -0.25) is 4.79 Å². The molecule has 0 aromatic heterocycles. The first-order valence-corrected chi connectivity index (χ1v) is 7.82. The van der Waals surface area contributed by atoms with Crippen LogP contribution < -0.4 is 10.1 Å². The summed E-state index contributed by atoms with van der Waals surface area (Å²) in [5.41, 5.74) is 0.903. The third kappa shape index (κ3) is 5.93. The Morgan fingerprint density at radius 3 is 2.42 bits per heavy atom. The minimum atomic E-state index is -0.795. The molecule has 1 amide bonds. The number of carbonyl (C=O) groups excluding carboxylic acids is 2. The van der Waals surface area contributed by atoms with E-state index >= 15 is 0 Å². The molecule has 0 fully saturated rings. The minimum absolute atomic E-state index is 0.337. The molecule has 1 atom stereocenters. The molecular weight excluding hydrogens is 330 g/mol. The number of hydrogen-bond acceptors (Lipinski definition) is 4. The molecule has 0 radical (unpaired) electrons. The summed E-state index contributed by atoms with van der Waals surface area (Å²) in [4.78, 5) is 23.5. The Labute approximate surface area is 145 Å². The maximum atomic E-state index is 11.8. The van der Waals surface area contributed by atoms with Gasteiger partial charge in [-0.2, -0.15) is 0 Å². The van der Waals surface area contributed by atoms with Gasteiger partial charge in [0.05, 0.1) is 0 Å². The van der Waals surface area contributed by atoms with E-state index < -0.39 is 12.1 Å². The van der Waals surface area contributed by atoms with Gasteiger partial charge in [0.2, 0.25) is 0 Å². The molecule has 2 aromatic carbocycles. The molecule has 24 heavy (non-hydrogen) atoms. The van der Waals surface area contributed by atoms with E-state index in [1.807, 2.05) is 18.2 Å². The Balaban J connectivity index is 1.70. The average Bonchev–Trinajstić information content (AvgIpc) is 2.60. The van der Waals surface area contributed by atoms with E-state index in [1.165, 1.54) is 0 Å². The zero-order valence-corrected chi connectivity index (χ0v) is 14.0. The van der Waals surface area contributed by atoms with Gasteiger partial charge >= 0.3 is 5.97 Å². The van der Waals surface area contributed by atoms with E-state index in [1.54, 1.807) is 43.3 Å². The van der Waals surface area contributed by atoms with E-state index in [9.17, 15) is 9.59 Å². The van der Waals surface area contributed by atoms with Crippen molar-refractivity contribution < 1.29 is 19.1 Å². The molecule has 6 heteroatoms. The Kier molecular flexibility index (Phi) is 6.63. The van der Waals surface area contributed by atoms with Gasteiger partial charge in [-0.05, 0) is 36.8 Å². The number of esters is 1. The lowest BCUT2D eigenvalue weighted by Crippen LogP contribution is -2.32. The Bertz CT molecular complexity index is 673. The van der Waals surface area contributed by atoms with Crippen LogP contribution in [0.1, 0.15) is 12.5 Å². The van der Waals surface area contributed by atoms with Crippen LogP contribution in [0.4, 0.5) is 0 Å². The van der Waals surface area contributed by atoms with Gasteiger partial charge in [-0.25, -0.2) is 4.79 Å². The van der Waals surface area contributed by atoms with Crippen LogP contribution in [0, 0.1) is 0 Å². The average molecular weight is 348 g/mol. The van der Waals surface area contributed by atoms with Crippen molar-refractivity contribution >= 4 is 23.5 Å². The van der Waals surface area contributed by atoms with E-state index in [2.05, 4.69) is 5.32 Å². The maximum absolute atomic E-state index is 11.8. The second kappa shape index (κ2) is 8.93. The second-order valence-corrected chi connectivity index (χ2v) is 5.52. The third-order valence-corrected chi connectivity index (χ3v) is 3.39. The van der Waals surface area contributed by atoms with Crippen molar-refractivity contribution in [3.63, 3.8) is 0 Å². The Morgan fingerprint density at radius 2 is 1.75 bits per heavy atom. The van der Waals surface area contributed by atoms with E-state index in [0.29, 0.717) is 17.3 Å². The van der Waals surface area contributed by atoms with Crippen molar-refractivity contribution in [3.8, 4) is 5.75 Å². The number of hydrogen-bond donors (Lipinski definition) is 1. The molecule has 0 saturated carbocycles. The zero-order valence-electron chi connectivity index (χ0n) is 13.2. The highest BCUT2D eigenvalue weighted by molar-refractivity contribution is 6.30. The van der Waals surface area contributed by atoms with Crippen molar-refractivity contribution in [1.82, 2.24) is 5.32 Å². The number of para-hydroxylation sites is 1. The highest BCUT2D eigenvalue weighted by atomic mass is 35.5. The monoisotopic (exact) mass is 347 g/mol. The van der Waals surface area contributed by atoms with Gasteiger partial charge in [0.15, 0.2) is 12.7 Å². The second-order valence-electron chi connectivity index (χ2n) is 5.08. The smallest absolute Gasteiger partial charge is 0.347 e. The molecule has 126 valence electrons. The van der Waals surface area contributed by atoms with Crippen LogP contribution in [0.3, 0.4) is 0 Å². The number of ether oxygens (including phenoxy) is 2. The molecule has 0 saturated heterocycles. The van der Waals surface area contributed by atoms with Crippen LogP contribution in [0.25, 0.3) is 0 Å². The summed E-state index contributed by atoms with van der Waals surface area (Å²) in [6, 6.07) is 16.0. The minimum Gasteiger partial charge on any atom is -0.479 e. The highest BCUT2D eigenvalue weighted by Gasteiger charge is 2.17. The summed E-state index contributed by atoms with van der Waals surface area (Å²) < 4.78 is 10.4. The molecule has 1 N–H and O–H groups in total. The van der Waals surface area contributed by atoms with Crippen molar-refractivity contribution in [2.75, 3.05) is 6.61 Å². The molecular formula is C18H18ClNO4. The molecule has 0 aliphatic carbocycles. The number of amides is 1. The van der Waals surface area contributed by atoms with Crippen molar-refractivity contribution in [1.29, 1.82) is 0 Å². The predicted octanol–water partition coefficient (Wildman–Crippen LogP) is 2.97. The van der Waals surface area contributed by atoms with Gasteiger partial charge < -0.3 is 14.8 Å². The first-order chi connectivity index (χ1) is 11.5. The molecule has 0 bridgehead atoms. The topological polar surface area (TPSA) is 64.6 Å². The first-order valence-electron chi connectivity index (χ1n) is 7.44. The fraction of sp³-hybridized carbons (Fsp3) is 0.222. The number of benzene rings is 2. The first kappa shape index (κ1) is 17.8. The lowest BCUT2D eigenvalue weighted by Gasteiger charge is -2.13. The van der Waals surface area contributed by atoms with Gasteiger partial charge in [0.1, 0.15) is 5.75 Å². The van der Waals surface area contributed by atoms with Crippen LogP contribution in [0.2, 0.25) is 5.02 Å². The van der Waals surface area contributed by atoms with Gasteiger partial charge in [0, 0.05) is 11.6 Å². The number of halogens is 1. The predicted molar refractivity (Wildman–Crippen MR) is 90.8 cm³/mol. The highest BCUT2D eigenvalue weighted by Crippen LogP contribution is 2.11. The summed E-state index contributed by atoms with van der Waals surface area (Å²) in [5.74, 6) is -0.417. The molecule has 0 heterocycles. The van der Waals surface area contributed by atoms with Gasteiger partial charge in [0.25, 0.3) is 5.91 Å². The van der Waals surface area contributed by atoms with E-state index in [4.69, 9.17) is 21.1 Å². The zero-order chi connectivity index (χ0) is 17.4. The summed E-state index contributed by atoms with van der Waals surface area (Å²) in [6.45, 7) is 1.56.